The summed E-state index contributed by atoms with van der Waals surface area (Å²) in [6.45, 7) is 3.63. The maximum Gasteiger partial charge on any atom is 0.221 e. The molecule has 5 nitrogen and oxygen atoms in total. The van der Waals surface area contributed by atoms with Gasteiger partial charge in [-0.25, -0.2) is 0 Å². The number of hydrogen-bond acceptors (Lipinski definition) is 4. The largest absolute Gasteiger partial charge is 0.495 e. The van der Waals surface area contributed by atoms with Gasteiger partial charge >= 0.3 is 0 Å². The van der Waals surface area contributed by atoms with Crippen LogP contribution in [0.5, 0.6) is 5.75 Å². The van der Waals surface area contributed by atoms with Gasteiger partial charge in [0.1, 0.15) is 5.75 Å². The highest BCUT2D eigenvalue weighted by atomic mass is 16.5. The molecule has 1 amide bonds. The van der Waals surface area contributed by atoms with Gasteiger partial charge in [-0.05, 0) is 50.6 Å². The van der Waals surface area contributed by atoms with Crippen molar-refractivity contribution in [3.8, 4) is 5.75 Å². The molecular formula is C15H23N3O2. The van der Waals surface area contributed by atoms with Gasteiger partial charge in [-0.2, -0.15) is 0 Å². The molecule has 1 fully saturated rings. The van der Waals surface area contributed by atoms with Gasteiger partial charge in [-0.3, -0.25) is 4.79 Å². The second-order valence-corrected chi connectivity index (χ2v) is 5.12. The molecule has 3 N–H and O–H groups in total. The predicted octanol–water partition coefficient (Wildman–Crippen LogP) is 2.21. The van der Waals surface area contributed by atoms with Crippen LogP contribution in [0.25, 0.3) is 0 Å². The molecule has 1 aromatic rings. The third kappa shape index (κ3) is 4.13. The van der Waals surface area contributed by atoms with Gasteiger partial charge in [-0.1, -0.05) is 0 Å². The van der Waals surface area contributed by atoms with Gasteiger partial charge in [0.05, 0.1) is 12.8 Å². The third-order valence-corrected chi connectivity index (χ3v) is 3.46. The van der Waals surface area contributed by atoms with Crippen LogP contribution in [-0.4, -0.2) is 32.1 Å². The predicted molar refractivity (Wildman–Crippen MR) is 81.4 cm³/mol. The van der Waals surface area contributed by atoms with E-state index in [1.165, 1.54) is 13.3 Å². The molecule has 110 valence electrons. The first-order valence-corrected chi connectivity index (χ1v) is 7.12. The van der Waals surface area contributed by atoms with Crippen molar-refractivity contribution < 1.29 is 9.53 Å². The SMILES string of the molecule is COc1ccc(NC(C)=O)cc1NC1CCCNCC1. The number of methoxy groups -OCH3 is 1. The molecular weight excluding hydrogens is 254 g/mol. The minimum Gasteiger partial charge on any atom is -0.495 e. The molecule has 1 aliphatic rings. The lowest BCUT2D eigenvalue weighted by Gasteiger charge is -2.20. The molecule has 0 aliphatic carbocycles. The molecule has 2 rings (SSSR count). The van der Waals surface area contributed by atoms with Crippen molar-refractivity contribution in [3.63, 3.8) is 0 Å². The first-order chi connectivity index (χ1) is 9.69. The fourth-order valence-corrected chi connectivity index (χ4v) is 2.49. The lowest BCUT2D eigenvalue weighted by atomic mass is 10.1. The summed E-state index contributed by atoms with van der Waals surface area (Å²) in [5.74, 6) is 0.732. The average molecular weight is 277 g/mol. The monoisotopic (exact) mass is 277 g/mol. The molecule has 1 aromatic carbocycles. The fourth-order valence-electron chi connectivity index (χ4n) is 2.49. The van der Waals surface area contributed by atoms with Crippen LogP contribution in [0, 0.1) is 0 Å². The average Bonchev–Trinajstić information content (AvgIpc) is 2.67. The van der Waals surface area contributed by atoms with Crippen molar-refractivity contribution in [2.75, 3.05) is 30.8 Å². The van der Waals surface area contributed by atoms with Crippen LogP contribution in [-0.2, 0) is 4.79 Å². The topological polar surface area (TPSA) is 62.4 Å². The van der Waals surface area contributed by atoms with Crippen molar-refractivity contribution in [1.29, 1.82) is 0 Å². The summed E-state index contributed by atoms with van der Waals surface area (Å²) in [4.78, 5) is 11.1. The van der Waals surface area contributed by atoms with Gasteiger partial charge < -0.3 is 20.7 Å². The minimum atomic E-state index is -0.0696. The third-order valence-electron chi connectivity index (χ3n) is 3.46. The van der Waals surface area contributed by atoms with E-state index in [9.17, 15) is 4.79 Å². The zero-order valence-electron chi connectivity index (χ0n) is 12.2. The molecule has 0 saturated carbocycles. The maximum atomic E-state index is 11.1. The molecule has 1 heterocycles. The number of carbonyl (C=O) groups is 1. The van der Waals surface area contributed by atoms with E-state index < -0.39 is 0 Å². The summed E-state index contributed by atoms with van der Waals surface area (Å²) in [6, 6.07) is 6.09. The Balaban J connectivity index is 2.12. The number of hydrogen-bond donors (Lipinski definition) is 3. The number of anilines is 2. The number of nitrogens with one attached hydrogen (secondary N) is 3. The molecule has 5 heteroatoms. The lowest BCUT2D eigenvalue weighted by Crippen LogP contribution is -2.22. The van der Waals surface area contributed by atoms with Crippen LogP contribution in [0.2, 0.25) is 0 Å². The Morgan fingerprint density at radius 2 is 2.20 bits per heavy atom. The van der Waals surface area contributed by atoms with Gasteiger partial charge in [0.25, 0.3) is 0 Å². The number of rotatable bonds is 4. The van der Waals surface area contributed by atoms with Crippen LogP contribution in [0.15, 0.2) is 18.2 Å². The molecule has 1 aliphatic heterocycles. The molecule has 1 saturated heterocycles. The van der Waals surface area contributed by atoms with E-state index in [0.717, 1.165) is 43.1 Å². The number of ether oxygens (including phenoxy) is 1. The Labute approximate surface area is 120 Å². The summed E-state index contributed by atoms with van der Waals surface area (Å²) in [5.41, 5.74) is 1.72. The first kappa shape index (κ1) is 14.7. The molecule has 0 radical (unpaired) electrons. The summed E-state index contributed by atoms with van der Waals surface area (Å²) in [7, 11) is 1.66. The van der Waals surface area contributed by atoms with Crippen molar-refractivity contribution >= 4 is 17.3 Å². The van der Waals surface area contributed by atoms with Crippen molar-refractivity contribution in [3.05, 3.63) is 18.2 Å². The summed E-state index contributed by atoms with van der Waals surface area (Å²) < 4.78 is 5.39. The quantitative estimate of drug-likeness (QED) is 0.789. The van der Waals surface area contributed by atoms with Crippen LogP contribution < -0.4 is 20.7 Å². The van der Waals surface area contributed by atoms with Crippen LogP contribution in [0.1, 0.15) is 26.2 Å². The van der Waals surface area contributed by atoms with Crippen LogP contribution in [0.3, 0.4) is 0 Å². The molecule has 0 aromatic heterocycles. The van der Waals surface area contributed by atoms with Crippen molar-refractivity contribution in [1.82, 2.24) is 5.32 Å². The van der Waals surface area contributed by atoms with Crippen LogP contribution >= 0.6 is 0 Å². The Morgan fingerprint density at radius 3 is 2.95 bits per heavy atom. The van der Waals surface area contributed by atoms with E-state index in [2.05, 4.69) is 16.0 Å². The van der Waals surface area contributed by atoms with E-state index in [-0.39, 0.29) is 5.91 Å². The van der Waals surface area contributed by atoms with Gasteiger partial charge in [0.15, 0.2) is 0 Å². The van der Waals surface area contributed by atoms with Gasteiger partial charge in [0, 0.05) is 18.7 Å². The summed E-state index contributed by atoms with van der Waals surface area (Å²) >= 11 is 0. The highest BCUT2D eigenvalue weighted by Gasteiger charge is 2.14. The highest BCUT2D eigenvalue weighted by molar-refractivity contribution is 5.89. The van der Waals surface area contributed by atoms with Gasteiger partial charge in [-0.15, -0.1) is 0 Å². The van der Waals surface area contributed by atoms with E-state index in [0.29, 0.717) is 6.04 Å². The molecule has 1 unspecified atom stereocenters. The Morgan fingerprint density at radius 1 is 1.35 bits per heavy atom. The van der Waals surface area contributed by atoms with E-state index in [1.807, 2.05) is 18.2 Å². The second kappa shape index (κ2) is 7.14. The second-order valence-electron chi connectivity index (χ2n) is 5.12. The standard InChI is InChI=1S/C15H23N3O2/c1-11(19)17-13-5-6-15(20-2)14(10-13)18-12-4-3-8-16-9-7-12/h5-6,10,12,16,18H,3-4,7-9H2,1-2H3,(H,17,19). The Kier molecular flexibility index (Phi) is 5.24. The van der Waals surface area contributed by atoms with E-state index in [4.69, 9.17) is 4.74 Å². The maximum absolute atomic E-state index is 11.1. The smallest absolute Gasteiger partial charge is 0.221 e. The van der Waals surface area contributed by atoms with Crippen molar-refractivity contribution in [2.45, 2.75) is 32.2 Å². The van der Waals surface area contributed by atoms with E-state index >= 15 is 0 Å². The number of benzene rings is 1. The molecule has 20 heavy (non-hydrogen) atoms. The summed E-state index contributed by atoms with van der Waals surface area (Å²) in [6.07, 6.45) is 3.40. The number of amides is 1. The first-order valence-electron chi connectivity index (χ1n) is 7.12. The molecule has 1 atom stereocenters. The summed E-state index contributed by atoms with van der Waals surface area (Å²) in [5, 5.41) is 9.74. The highest BCUT2D eigenvalue weighted by Crippen LogP contribution is 2.29. The van der Waals surface area contributed by atoms with E-state index in [1.54, 1.807) is 7.11 Å². The molecule has 0 bridgehead atoms. The minimum absolute atomic E-state index is 0.0696. The van der Waals surface area contributed by atoms with Crippen molar-refractivity contribution in [2.24, 2.45) is 0 Å². The number of carbonyl (C=O) groups excluding carboxylic acids is 1. The Hall–Kier alpha value is -1.75. The van der Waals surface area contributed by atoms with Crippen LogP contribution in [0.4, 0.5) is 11.4 Å². The lowest BCUT2D eigenvalue weighted by molar-refractivity contribution is -0.114. The zero-order valence-corrected chi connectivity index (χ0v) is 12.2. The zero-order chi connectivity index (χ0) is 14.4. The molecule has 0 spiro atoms. The fraction of sp³-hybridized carbons (Fsp3) is 0.533. The normalized spacial score (nSPS) is 19.0. The van der Waals surface area contributed by atoms with Gasteiger partial charge in [0.2, 0.25) is 5.91 Å². The Bertz CT molecular complexity index is 454.